The number of aromatic nitrogens is 1. The summed E-state index contributed by atoms with van der Waals surface area (Å²) in [4.78, 5) is 16.9. The Morgan fingerprint density at radius 1 is 1.37 bits per heavy atom. The molecule has 1 N–H and O–H groups in total. The lowest BCUT2D eigenvalue weighted by Crippen LogP contribution is -2.28. The van der Waals surface area contributed by atoms with Crippen molar-refractivity contribution >= 4 is 6.09 Å². The molecule has 1 aliphatic heterocycles. The monoisotopic (exact) mass is 258 g/mol. The summed E-state index contributed by atoms with van der Waals surface area (Å²) in [5.74, 6) is 0.485. The molecule has 2 heterocycles. The van der Waals surface area contributed by atoms with Crippen molar-refractivity contribution in [3.63, 3.8) is 0 Å². The summed E-state index contributed by atoms with van der Waals surface area (Å²) in [7, 11) is 0. The summed E-state index contributed by atoms with van der Waals surface area (Å²) in [6.45, 7) is 0.545. The normalized spacial score (nSPS) is 18.7. The van der Waals surface area contributed by atoms with Crippen LogP contribution in [0.4, 0.5) is 4.79 Å². The lowest BCUT2D eigenvalue weighted by atomic mass is 10.2. The molecule has 0 radical (unpaired) electrons. The number of likely N-dealkylation sites (tertiary alicyclic amines) is 1. The van der Waals surface area contributed by atoms with Crippen LogP contribution in [-0.4, -0.2) is 27.6 Å². The van der Waals surface area contributed by atoms with Crippen LogP contribution in [0.3, 0.4) is 0 Å². The molecule has 1 aromatic carbocycles. The summed E-state index contributed by atoms with van der Waals surface area (Å²) in [5, 5.41) is 9.13. The first-order valence-electron chi connectivity index (χ1n) is 6.26. The van der Waals surface area contributed by atoms with E-state index in [9.17, 15) is 4.79 Å². The number of carboxylic acid groups (broad SMARTS) is 1. The maximum absolute atomic E-state index is 11.1. The molecule has 1 saturated heterocycles. The Balaban J connectivity index is 1.87. The Morgan fingerprint density at radius 3 is 2.89 bits per heavy atom. The van der Waals surface area contributed by atoms with Crippen molar-refractivity contribution in [2.75, 3.05) is 6.54 Å². The second-order valence-electron chi connectivity index (χ2n) is 4.57. The van der Waals surface area contributed by atoms with E-state index >= 15 is 0 Å². The van der Waals surface area contributed by atoms with Crippen molar-refractivity contribution in [3.05, 3.63) is 42.5 Å². The van der Waals surface area contributed by atoms with Gasteiger partial charge in [0, 0.05) is 12.1 Å². The number of hydrogen-bond acceptors (Lipinski definition) is 3. The molecule has 2 aromatic rings. The minimum absolute atomic E-state index is 0.255. The molecule has 19 heavy (non-hydrogen) atoms. The number of amides is 1. The summed E-state index contributed by atoms with van der Waals surface area (Å²) >= 11 is 0. The first kappa shape index (κ1) is 11.8. The van der Waals surface area contributed by atoms with Gasteiger partial charge < -0.3 is 9.52 Å². The molecule has 98 valence electrons. The number of oxazole rings is 1. The average molecular weight is 258 g/mol. The molecular weight excluding hydrogens is 244 g/mol. The van der Waals surface area contributed by atoms with E-state index in [1.54, 1.807) is 6.26 Å². The third-order valence-corrected chi connectivity index (χ3v) is 3.38. The molecule has 0 aliphatic carbocycles. The zero-order valence-corrected chi connectivity index (χ0v) is 10.3. The van der Waals surface area contributed by atoms with Gasteiger partial charge in [-0.2, -0.15) is 0 Å². The largest absolute Gasteiger partial charge is 0.465 e. The van der Waals surface area contributed by atoms with Gasteiger partial charge in [0.05, 0.1) is 0 Å². The minimum atomic E-state index is -0.915. The molecule has 1 fully saturated rings. The topological polar surface area (TPSA) is 66.6 Å². The second-order valence-corrected chi connectivity index (χ2v) is 4.57. The zero-order chi connectivity index (χ0) is 13.2. The SMILES string of the molecule is O=C(O)N1CCCC1c1nc(-c2ccccc2)co1. The predicted octanol–water partition coefficient (Wildman–Crippen LogP) is 3.16. The van der Waals surface area contributed by atoms with Gasteiger partial charge in [0.2, 0.25) is 5.89 Å². The Kier molecular flexibility index (Phi) is 2.95. The highest BCUT2D eigenvalue weighted by Crippen LogP contribution is 2.32. The van der Waals surface area contributed by atoms with E-state index in [2.05, 4.69) is 4.98 Å². The first-order valence-corrected chi connectivity index (χ1v) is 6.26. The van der Waals surface area contributed by atoms with Gasteiger partial charge in [-0.15, -0.1) is 0 Å². The van der Waals surface area contributed by atoms with Crippen LogP contribution in [0.1, 0.15) is 24.8 Å². The maximum Gasteiger partial charge on any atom is 0.407 e. The molecule has 5 nitrogen and oxygen atoms in total. The summed E-state index contributed by atoms with van der Waals surface area (Å²) in [6.07, 6.45) is 2.28. The van der Waals surface area contributed by atoms with Gasteiger partial charge in [-0.05, 0) is 12.8 Å². The summed E-state index contributed by atoms with van der Waals surface area (Å²) < 4.78 is 5.47. The van der Waals surface area contributed by atoms with Crippen molar-refractivity contribution in [2.45, 2.75) is 18.9 Å². The molecule has 0 bridgehead atoms. The van der Waals surface area contributed by atoms with Crippen molar-refractivity contribution in [1.82, 2.24) is 9.88 Å². The van der Waals surface area contributed by atoms with Gasteiger partial charge >= 0.3 is 6.09 Å². The third-order valence-electron chi connectivity index (χ3n) is 3.38. The molecule has 5 heteroatoms. The molecule has 1 unspecified atom stereocenters. The van der Waals surface area contributed by atoms with Gasteiger partial charge in [-0.25, -0.2) is 9.78 Å². The number of benzene rings is 1. The molecule has 0 saturated carbocycles. The number of carbonyl (C=O) groups is 1. The number of rotatable bonds is 2. The van der Waals surface area contributed by atoms with Crippen LogP contribution in [0.25, 0.3) is 11.3 Å². The van der Waals surface area contributed by atoms with Gasteiger partial charge in [-0.1, -0.05) is 30.3 Å². The maximum atomic E-state index is 11.1. The summed E-state index contributed by atoms with van der Waals surface area (Å²) in [5.41, 5.74) is 1.71. The van der Waals surface area contributed by atoms with Crippen molar-refractivity contribution < 1.29 is 14.3 Å². The molecule has 1 atom stereocenters. The van der Waals surface area contributed by atoms with Gasteiger partial charge in [-0.3, -0.25) is 4.90 Å². The van der Waals surface area contributed by atoms with Crippen molar-refractivity contribution in [2.24, 2.45) is 0 Å². The molecular formula is C14H14N2O3. The number of hydrogen-bond donors (Lipinski definition) is 1. The zero-order valence-electron chi connectivity index (χ0n) is 10.3. The van der Waals surface area contributed by atoms with E-state index < -0.39 is 6.09 Å². The Bertz CT molecular complexity index is 579. The smallest absolute Gasteiger partial charge is 0.407 e. The van der Waals surface area contributed by atoms with Crippen LogP contribution in [-0.2, 0) is 0 Å². The highest BCUT2D eigenvalue weighted by atomic mass is 16.4. The number of nitrogens with zero attached hydrogens (tertiary/aromatic N) is 2. The summed E-state index contributed by atoms with van der Waals surface area (Å²) in [6, 6.07) is 9.45. The first-order chi connectivity index (χ1) is 9.25. The van der Waals surface area contributed by atoms with Crippen LogP contribution in [0, 0.1) is 0 Å². The highest BCUT2D eigenvalue weighted by molar-refractivity contribution is 5.66. The Morgan fingerprint density at radius 2 is 2.16 bits per heavy atom. The quantitative estimate of drug-likeness (QED) is 0.898. The molecule has 0 spiro atoms. The fourth-order valence-electron chi connectivity index (χ4n) is 2.43. The van der Waals surface area contributed by atoms with E-state index in [0.29, 0.717) is 12.4 Å². The van der Waals surface area contributed by atoms with Crippen LogP contribution in [0.15, 0.2) is 41.0 Å². The Hall–Kier alpha value is -2.30. The fraction of sp³-hybridized carbons (Fsp3) is 0.286. The highest BCUT2D eigenvalue weighted by Gasteiger charge is 2.33. The van der Waals surface area contributed by atoms with E-state index in [-0.39, 0.29) is 6.04 Å². The van der Waals surface area contributed by atoms with Crippen molar-refractivity contribution in [3.8, 4) is 11.3 Å². The van der Waals surface area contributed by atoms with Gasteiger partial charge in [0.15, 0.2) is 0 Å². The van der Waals surface area contributed by atoms with E-state index in [1.165, 1.54) is 4.90 Å². The third kappa shape index (κ3) is 2.19. The molecule has 1 aromatic heterocycles. The Labute approximate surface area is 110 Å². The van der Waals surface area contributed by atoms with Crippen LogP contribution in [0.5, 0.6) is 0 Å². The lowest BCUT2D eigenvalue weighted by molar-refractivity contribution is 0.134. The fourth-order valence-corrected chi connectivity index (χ4v) is 2.43. The minimum Gasteiger partial charge on any atom is -0.465 e. The molecule has 1 aliphatic rings. The van der Waals surface area contributed by atoms with Gasteiger partial charge in [0.25, 0.3) is 0 Å². The second kappa shape index (κ2) is 4.76. The van der Waals surface area contributed by atoms with E-state index in [1.807, 2.05) is 30.3 Å². The molecule has 3 rings (SSSR count). The van der Waals surface area contributed by atoms with Gasteiger partial charge in [0.1, 0.15) is 18.0 Å². The van der Waals surface area contributed by atoms with E-state index in [4.69, 9.17) is 9.52 Å². The predicted molar refractivity (Wildman–Crippen MR) is 68.6 cm³/mol. The van der Waals surface area contributed by atoms with Crippen LogP contribution in [0.2, 0.25) is 0 Å². The lowest BCUT2D eigenvalue weighted by Gasteiger charge is -2.17. The van der Waals surface area contributed by atoms with Crippen molar-refractivity contribution in [1.29, 1.82) is 0 Å². The van der Waals surface area contributed by atoms with Crippen LogP contribution < -0.4 is 0 Å². The average Bonchev–Trinajstić information content (AvgIpc) is 3.08. The molecule has 1 amide bonds. The van der Waals surface area contributed by atoms with Crippen LogP contribution >= 0.6 is 0 Å². The van der Waals surface area contributed by atoms with E-state index in [0.717, 1.165) is 24.1 Å². The standard InChI is InChI=1S/C14H14N2O3/c17-14(18)16-8-4-7-12(16)13-15-11(9-19-13)10-5-2-1-3-6-10/h1-3,5-6,9,12H,4,7-8H2,(H,17,18).